The van der Waals surface area contributed by atoms with E-state index in [9.17, 15) is 0 Å². The maximum absolute atomic E-state index is 5.96. The standard InChI is InChI=1S/C16H26N2O2/c1-19-14-9-7-8-13(12-14)15(18-17)16(20-2)10-5-3-4-6-11-16/h7-9,12,15,18H,3-6,10-11,17H2,1-2H3. The molecule has 0 saturated heterocycles. The summed E-state index contributed by atoms with van der Waals surface area (Å²) >= 11 is 0. The lowest BCUT2D eigenvalue weighted by Crippen LogP contribution is -2.47. The lowest BCUT2D eigenvalue weighted by molar-refractivity contribution is -0.0541. The third kappa shape index (κ3) is 3.14. The average Bonchev–Trinajstić information content (AvgIpc) is 2.75. The van der Waals surface area contributed by atoms with Gasteiger partial charge in [-0.2, -0.15) is 0 Å². The molecule has 1 aliphatic rings. The van der Waals surface area contributed by atoms with Crippen molar-refractivity contribution in [3.05, 3.63) is 29.8 Å². The molecule has 0 spiro atoms. The Balaban J connectivity index is 2.32. The van der Waals surface area contributed by atoms with Gasteiger partial charge >= 0.3 is 0 Å². The van der Waals surface area contributed by atoms with Gasteiger partial charge in [0.25, 0.3) is 0 Å². The van der Waals surface area contributed by atoms with E-state index in [2.05, 4.69) is 11.5 Å². The molecule has 0 bridgehead atoms. The van der Waals surface area contributed by atoms with Crippen LogP contribution in [-0.4, -0.2) is 19.8 Å². The summed E-state index contributed by atoms with van der Waals surface area (Å²) in [7, 11) is 3.48. The summed E-state index contributed by atoms with van der Waals surface area (Å²) in [5.74, 6) is 6.72. The van der Waals surface area contributed by atoms with E-state index in [0.29, 0.717) is 0 Å². The fourth-order valence-electron chi connectivity index (χ4n) is 3.31. The molecule has 3 N–H and O–H groups in total. The van der Waals surface area contributed by atoms with Gasteiger partial charge in [-0.25, -0.2) is 0 Å². The minimum Gasteiger partial charge on any atom is -0.497 e. The van der Waals surface area contributed by atoms with E-state index < -0.39 is 0 Å². The molecule has 112 valence electrons. The van der Waals surface area contributed by atoms with Crippen molar-refractivity contribution in [2.24, 2.45) is 5.84 Å². The summed E-state index contributed by atoms with van der Waals surface area (Å²) in [6.07, 6.45) is 7.01. The first-order chi connectivity index (χ1) is 9.75. The highest BCUT2D eigenvalue weighted by atomic mass is 16.5. The Bertz CT molecular complexity index is 415. The van der Waals surface area contributed by atoms with Crippen LogP contribution in [0.25, 0.3) is 0 Å². The molecule has 1 aromatic rings. The average molecular weight is 278 g/mol. The number of ether oxygens (including phenoxy) is 2. The van der Waals surface area contributed by atoms with Crippen LogP contribution in [-0.2, 0) is 4.74 Å². The van der Waals surface area contributed by atoms with Gasteiger partial charge in [-0.3, -0.25) is 11.3 Å². The molecule has 0 amide bonds. The lowest BCUT2D eigenvalue weighted by atomic mass is 9.82. The van der Waals surface area contributed by atoms with Gasteiger partial charge in [0, 0.05) is 7.11 Å². The SMILES string of the molecule is COc1cccc(C(NN)C2(OC)CCCCCC2)c1. The predicted molar refractivity (Wildman–Crippen MR) is 80.5 cm³/mol. The van der Waals surface area contributed by atoms with Crippen molar-refractivity contribution in [2.75, 3.05) is 14.2 Å². The van der Waals surface area contributed by atoms with Crippen LogP contribution < -0.4 is 16.0 Å². The monoisotopic (exact) mass is 278 g/mol. The number of nitrogens with one attached hydrogen (secondary N) is 1. The molecule has 4 heteroatoms. The number of hydrazine groups is 1. The Morgan fingerprint density at radius 2 is 1.85 bits per heavy atom. The van der Waals surface area contributed by atoms with Crippen LogP contribution in [0.4, 0.5) is 0 Å². The summed E-state index contributed by atoms with van der Waals surface area (Å²) in [6.45, 7) is 0. The molecule has 0 aliphatic heterocycles. The zero-order valence-electron chi connectivity index (χ0n) is 12.5. The second-order valence-corrected chi connectivity index (χ2v) is 5.56. The van der Waals surface area contributed by atoms with Gasteiger partial charge in [-0.1, -0.05) is 37.8 Å². The van der Waals surface area contributed by atoms with E-state index in [-0.39, 0.29) is 11.6 Å². The highest BCUT2D eigenvalue weighted by molar-refractivity contribution is 5.32. The second-order valence-electron chi connectivity index (χ2n) is 5.56. The van der Waals surface area contributed by atoms with Crippen molar-refractivity contribution < 1.29 is 9.47 Å². The van der Waals surface area contributed by atoms with Gasteiger partial charge in [0.1, 0.15) is 5.75 Å². The van der Waals surface area contributed by atoms with Gasteiger partial charge in [-0.05, 0) is 30.5 Å². The number of nitrogens with two attached hydrogens (primary N) is 1. The predicted octanol–water partition coefficient (Wildman–Crippen LogP) is 2.94. The van der Waals surface area contributed by atoms with E-state index >= 15 is 0 Å². The Morgan fingerprint density at radius 3 is 2.40 bits per heavy atom. The largest absolute Gasteiger partial charge is 0.497 e. The molecule has 0 aromatic heterocycles. The van der Waals surface area contributed by atoms with Gasteiger partial charge in [0.2, 0.25) is 0 Å². The molecule has 4 nitrogen and oxygen atoms in total. The topological polar surface area (TPSA) is 56.5 Å². The van der Waals surface area contributed by atoms with Crippen LogP contribution in [0.5, 0.6) is 5.75 Å². The number of hydrogen-bond donors (Lipinski definition) is 2. The zero-order valence-corrected chi connectivity index (χ0v) is 12.5. The first kappa shape index (κ1) is 15.3. The molecule has 1 atom stereocenters. The quantitative estimate of drug-likeness (QED) is 0.494. The number of hydrogen-bond acceptors (Lipinski definition) is 4. The Kier molecular flexibility index (Phi) is 5.40. The van der Waals surface area contributed by atoms with E-state index in [1.807, 2.05) is 18.2 Å². The first-order valence-electron chi connectivity index (χ1n) is 7.41. The highest BCUT2D eigenvalue weighted by Crippen LogP contribution is 2.40. The number of benzene rings is 1. The molecule has 1 aliphatic carbocycles. The van der Waals surface area contributed by atoms with Crippen molar-refractivity contribution in [3.63, 3.8) is 0 Å². The minimum absolute atomic E-state index is 0.0132. The van der Waals surface area contributed by atoms with E-state index in [4.69, 9.17) is 15.3 Å². The fraction of sp³-hybridized carbons (Fsp3) is 0.625. The summed E-state index contributed by atoms with van der Waals surface area (Å²) in [5, 5.41) is 0. The van der Waals surface area contributed by atoms with Crippen molar-refractivity contribution in [1.82, 2.24) is 5.43 Å². The molecule has 1 unspecified atom stereocenters. The molecule has 0 heterocycles. The van der Waals surface area contributed by atoms with Gasteiger partial charge in [-0.15, -0.1) is 0 Å². The third-order valence-electron chi connectivity index (χ3n) is 4.48. The molecule has 0 radical (unpaired) electrons. The Morgan fingerprint density at radius 1 is 1.15 bits per heavy atom. The maximum atomic E-state index is 5.96. The molecule has 1 fully saturated rings. The van der Waals surface area contributed by atoms with E-state index in [1.165, 1.54) is 25.7 Å². The molecule has 20 heavy (non-hydrogen) atoms. The molecular weight excluding hydrogens is 252 g/mol. The minimum atomic E-state index is -0.225. The Labute approximate surface area is 121 Å². The van der Waals surface area contributed by atoms with Gasteiger partial charge in [0.15, 0.2) is 0 Å². The smallest absolute Gasteiger partial charge is 0.119 e. The summed E-state index contributed by atoms with van der Waals surface area (Å²) in [6, 6.07) is 8.05. The van der Waals surface area contributed by atoms with Crippen LogP contribution in [0.1, 0.15) is 50.1 Å². The van der Waals surface area contributed by atoms with Crippen LogP contribution in [0.3, 0.4) is 0 Å². The lowest BCUT2D eigenvalue weighted by Gasteiger charge is -2.39. The summed E-state index contributed by atoms with van der Waals surface area (Å²) < 4.78 is 11.3. The first-order valence-corrected chi connectivity index (χ1v) is 7.41. The van der Waals surface area contributed by atoms with Gasteiger partial charge < -0.3 is 9.47 Å². The molecular formula is C16H26N2O2. The van der Waals surface area contributed by atoms with Crippen LogP contribution in [0.15, 0.2) is 24.3 Å². The maximum Gasteiger partial charge on any atom is 0.119 e. The third-order valence-corrected chi connectivity index (χ3v) is 4.48. The van der Waals surface area contributed by atoms with Crippen LogP contribution >= 0.6 is 0 Å². The zero-order chi connectivity index (χ0) is 14.4. The van der Waals surface area contributed by atoms with E-state index in [1.54, 1.807) is 14.2 Å². The van der Waals surface area contributed by atoms with E-state index in [0.717, 1.165) is 24.2 Å². The highest BCUT2D eigenvalue weighted by Gasteiger charge is 2.39. The molecule has 1 aromatic carbocycles. The van der Waals surface area contributed by atoms with Gasteiger partial charge in [0.05, 0.1) is 18.8 Å². The summed E-state index contributed by atoms with van der Waals surface area (Å²) in [4.78, 5) is 0. The molecule has 2 rings (SSSR count). The number of methoxy groups -OCH3 is 2. The second kappa shape index (κ2) is 7.07. The van der Waals surface area contributed by atoms with Crippen molar-refractivity contribution in [3.8, 4) is 5.75 Å². The van der Waals surface area contributed by atoms with Crippen LogP contribution in [0, 0.1) is 0 Å². The van der Waals surface area contributed by atoms with Crippen molar-refractivity contribution in [2.45, 2.75) is 50.2 Å². The number of rotatable bonds is 5. The molecule has 1 saturated carbocycles. The van der Waals surface area contributed by atoms with Crippen LogP contribution in [0.2, 0.25) is 0 Å². The summed E-state index contributed by atoms with van der Waals surface area (Å²) in [5.41, 5.74) is 3.87. The van der Waals surface area contributed by atoms with Crippen molar-refractivity contribution >= 4 is 0 Å². The fourth-order valence-corrected chi connectivity index (χ4v) is 3.31. The Hall–Kier alpha value is -1.10. The normalized spacial score (nSPS) is 20.1. The van der Waals surface area contributed by atoms with Crippen molar-refractivity contribution in [1.29, 1.82) is 0 Å².